The second-order valence-electron chi connectivity index (χ2n) is 4.18. The zero-order valence-corrected chi connectivity index (χ0v) is 12.3. The van der Waals surface area contributed by atoms with Gasteiger partial charge in [-0.25, -0.2) is 4.79 Å². The number of nitrogens with zero attached hydrogens (tertiary/aromatic N) is 1. The number of hydroxylamine groups is 2. The van der Waals surface area contributed by atoms with E-state index >= 15 is 0 Å². The van der Waals surface area contributed by atoms with Gasteiger partial charge in [0.25, 0.3) is 11.8 Å². The van der Waals surface area contributed by atoms with E-state index in [0.717, 1.165) is 9.13 Å². The van der Waals surface area contributed by atoms with Crippen molar-refractivity contribution in [3.8, 4) is 0 Å². The van der Waals surface area contributed by atoms with Crippen LogP contribution in [0.4, 0.5) is 0 Å². The van der Waals surface area contributed by atoms with Gasteiger partial charge >= 0.3 is 5.97 Å². The number of aryl methyl sites for hydroxylation is 1. The van der Waals surface area contributed by atoms with Crippen molar-refractivity contribution >= 4 is 40.4 Å². The van der Waals surface area contributed by atoms with Gasteiger partial charge < -0.3 is 4.84 Å². The highest BCUT2D eigenvalue weighted by Crippen LogP contribution is 2.14. The van der Waals surface area contributed by atoms with Gasteiger partial charge in [-0.3, -0.25) is 9.59 Å². The van der Waals surface area contributed by atoms with Crippen LogP contribution in [0.5, 0.6) is 0 Å². The normalized spacial score (nSPS) is 14.9. The second-order valence-corrected chi connectivity index (χ2v) is 5.42. The second kappa shape index (κ2) is 6.14. The molecule has 0 radical (unpaired) electrons. The minimum atomic E-state index is -0.567. The largest absolute Gasteiger partial charge is 0.333 e. The third-order valence-electron chi connectivity index (χ3n) is 2.71. The van der Waals surface area contributed by atoms with Crippen LogP contribution >= 0.6 is 22.6 Å². The molecule has 1 aliphatic rings. The van der Waals surface area contributed by atoms with Gasteiger partial charge in [0, 0.05) is 16.4 Å². The predicted octanol–water partition coefficient (Wildman–Crippen LogP) is 1.83. The standard InChI is InChI=1S/C13H12INO4/c14-10-3-1-2-9(8-10)4-7-13(18)19-15-11(16)5-6-12(15)17/h1-3,8H,4-7H2/i14-4. The Morgan fingerprint density at radius 2 is 1.95 bits per heavy atom. The van der Waals surface area contributed by atoms with Gasteiger partial charge in [0.1, 0.15) is 0 Å². The van der Waals surface area contributed by atoms with E-state index in [0.29, 0.717) is 11.5 Å². The number of imide groups is 1. The summed E-state index contributed by atoms with van der Waals surface area (Å²) >= 11 is 2.19. The Bertz CT molecular complexity index is 513. The summed E-state index contributed by atoms with van der Waals surface area (Å²) in [5.74, 6) is -1.47. The number of rotatable bonds is 4. The maximum Gasteiger partial charge on any atom is 0.333 e. The maximum absolute atomic E-state index is 11.6. The Morgan fingerprint density at radius 1 is 1.26 bits per heavy atom. The predicted molar refractivity (Wildman–Crippen MR) is 74.7 cm³/mol. The van der Waals surface area contributed by atoms with Crippen molar-refractivity contribution in [2.24, 2.45) is 0 Å². The summed E-state index contributed by atoms with van der Waals surface area (Å²) in [4.78, 5) is 38.9. The van der Waals surface area contributed by atoms with Crippen LogP contribution in [0.3, 0.4) is 0 Å². The molecule has 1 aliphatic heterocycles. The zero-order valence-electron chi connectivity index (χ0n) is 10.1. The number of hydrogen-bond acceptors (Lipinski definition) is 4. The maximum atomic E-state index is 11.6. The summed E-state index contributed by atoms with van der Waals surface area (Å²) in [6.07, 6.45) is 0.884. The molecule has 1 aromatic carbocycles. The minimum absolute atomic E-state index is 0.114. The molecule has 0 bridgehead atoms. The summed E-state index contributed by atoms with van der Waals surface area (Å²) in [5, 5.41) is 0.580. The van der Waals surface area contributed by atoms with Crippen molar-refractivity contribution in [3.05, 3.63) is 33.4 Å². The lowest BCUT2D eigenvalue weighted by atomic mass is 10.1. The molecule has 0 N–H and O–H groups in total. The summed E-state index contributed by atoms with van der Waals surface area (Å²) in [5.41, 5.74) is 1.02. The van der Waals surface area contributed by atoms with Crippen LogP contribution in [-0.4, -0.2) is 22.8 Å². The first-order chi connectivity index (χ1) is 9.06. The summed E-state index contributed by atoms with van der Waals surface area (Å²) in [6.45, 7) is 0. The highest BCUT2D eigenvalue weighted by Gasteiger charge is 2.32. The lowest BCUT2D eigenvalue weighted by molar-refractivity contribution is -0.197. The van der Waals surface area contributed by atoms with Crippen LogP contribution < -0.4 is 0 Å². The Hall–Kier alpha value is -1.44. The minimum Gasteiger partial charge on any atom is -0.330 e. The van der Waals surface area contributed by atoms with Crippen LogP contribution in [0.2, 0.25) is 0 Å². The van der Waals surface area contributed by atoms with Crippen molar-refractivity contribution in [1.29, 1.82) is 0 Å². The topological polar surface area (TPSA) is 63.7 Å². The zero-order chi connectivity index (χ0) is 13.8. The van der Waals surface area contributed by atoms with E-state index in [9.17, 15) is 14.4 Å². The molecule has 1 aromatic rings. The molecule has 0 atom stereocenters. The Kier molecular flexibility index (Phi) is 4.52. The number of carbonyl (C=O) groups excluding carboxylic acids is 3. The first-order valence-corrected chi connectivity index (χ1v) is 6.95. The highest BCUT2D eigenvalue weighted by molar-refractivity contribution is 14.1. The SMILES string of the molecule is O=C(CCc1cccc([123I])c1)ON1C(=O)CCC1=O. The molecule has 1 fully saturated rings. The van der Waals surface area contributed by atoms with E-state index < -0.39 is 17.8 Å². The van der Waals surface area contributed by atoms with Crippen molar-refractivity contribution in [2.75, 3.05) is 0 Å². The van der Waals surface area contributed by atoms with Gasteiger partial charge in [0.05, 0.1) is 6.42 Å². The number of benzene rings is 1. The van der Waals surface area contributed by atoms with E-state index in [4.69, 9.17) is 4.84 Å². The number of hydrogen-bond donors (Lipinski definition) is 0. The van der Waals surface area contributed by atoms with E-state index in [1.807, 2.05) is 24.3 Å². The first-order valence-electron chi connectivity index (χ1n) is 5.87. The number of carbonyl (C=O) groups is 3. The Balaban J connectivity index is 1.85. The highest BCUT2D eigenvalue weighted by atomic mass is 123. The van der Waals surface area contributed by atoms with Gasteiger partial charge in [-0.15, -0.1) is 5.06 Å². The first kappa shape index (κ1) is 14.0. The van der Waals surface area contributed by atoms with Crippen molar-refractivity contribution in [2.45, 2.75) is 25.7 Å². The van der Waals surface area contributed by atoms with Crippen LogP contribution in [0.1, 0.15) is 24.8 Å². The van der Waals surface area contributed by atoms with E-state index in [2.05, 4.69) is 22.6 Å². The molecule has 6 heteroatoms. The van der Waals surface area contributed by atoms with E-state index in [1.54, 1.807) is 0 Å². The van der Waals surface area contributed by atoms with Crippen LogP contribution in [0.15, 0.2) is 24.3 Å². The fraction of sp³-hybridized carbons (Fsp3) is 0.308. The molecule has 19 heavy (non-hydrogen) atoms. The van der Waals surface area contributed by atoms with Crippen LogP contribution in [-0.2, 0) is 25.6 Å². The van der Waals surface area contributed by atoms with Gasteiger partial charge in [-0.05, 0) is 46.7 Å². The average molecular weight is 369 g/mol. The molecule has 2 rings (SSSR count). The van der Waals surface area contributed by atoms with Gasteiger partial charge in [0.2, 0.25) is 0 Å². The number of halogens is 1. The third-order valence-corrected chi connectivity index (χ3v) is 3.38. The molecule has 0 aromatic heterocycles. The molecule has 0 aliphatic carbocycles. The molecule has 0 unspecified atom stereocenters. The molecule has 0 spiro atoms. The average Bonchev–Trinajstić information content (AvgIpc) is 2.68. The monoisotopic (exact) mass is 369 g/mol. The van der Waals surface area contributed by atoms with Gasteiger partial charge in [0.15, 0.2) is 0 Å². The van der Waals surface area contributed by atoms with Crippen molar-refractivity contribution in [1.82, 2.24) is 5.06 Å². The van der Waals surface area contributed by atoms with Crippen molar-refractivity contribution in [3.63, 3.8) is 0 Å². The Labute approximate surface area is 124 Å². The number of amides is 2. The van der Waals surface area contributed by atoms with Gasteiger partial charge in [-0.2, -0.15) is 0 Å². The lowest BCUT2D eigenvalue weighted by Gasteiger charge is -2.12. The Morgan fingerprint density at radius 3 is 2.58 bits per heavy atom. The van der Waals surface area contributed by atoms with E-state index in [1.165, 1.54) is 0 Å². The van der Waals surface area contributed by atoms with Crippen LogP contribution in [0, 0.1) is 3.57 Å². The summed E-state index contributed by atoms with van der Waals surface area (Å²) in [7, 11) is 0. The molecule has 2 amide bonds. The lowest BCUT2D eigenvalue weighted by Crippen LogP contribution is -2.32. The molecular formula is C13H12INO4. The molecule has 1 saturated heterocycles. The molecule has 0 saturated carbocycles. The summed E-state index contributed by atoms with van der Waals surface area (Å²) in [6, 6.07) is 7.77. The van der Waals surface area contributed by atoms with E-state index in [-0.39, 0.29) is 19.3 Å². The fourth-order valence-electron chi connectivity index (χ4n) is 1.74. The summed E-state index contributed by atoms with van der Waals surface area (Å²) < 4.78 is 1.09. The third kappa shape index (κ3) is 3.76. The molecular weight excluding hydrogens is 357 g/mol. The van der Waals surface area contributed by atoms with Crippen LogP contribution in [0.25, 0.3) is 0 Å². The molecule has 100 valence electrons. The fourth-order valence-corrected chi connectivity index (χ4v) is 2.35. The smallest absolute Gasteiger partial charge is 0.330 e. The van der Waals surface area contributed by atoms with Crippen molar-refractivity contribution < 1.29 is 19.2 Å². The molecule has 1 heterocycles. The van der Waals surface area contributed by atoms with Gasteiger partial charge in [-0.1, -0.05) is 12.1 Å². The molecule has 5 nitrogen and oxygen atoms in total. The quantitative estimate of drug-likeness (QED) is 0.600.